The molecule has 4 rings (SSSR count). The van der Waals surface area contributed by atoms with Crippen molar-refractivity contribution < 1.29 is 9.59 Å². The lowest BCUT2D eigenvalue weighted by atomic mass is 9.85. The summed E-state index contributed by atoms with van der Waals surface area (Å²) in [5.74, 6) is 0.413. The minimum atomic E-state index is -0.144. The Morgan fingerprint density at radius 3 is 2.50 bits per heavy atom. The third-order valence-electron chi connectivity index (χ3n) is 5.46. The molecule has 1 saturated carbocycles. The monoisotopic (exact) mass is 466 g/mol. The van der Waals surface area contributed by atoms with Crippen molar-refractivity contribution in [3.05, 3.63) is 42.0 Å². The molecule has 138 valence electrons. The van der Waals surface area contributed by atoms with Crippen molar-refractivity contribution in [3.8, 4) is 0 Å². The molecule has 1 aliphatic heterocycles. The fourth-order valence-corrected chi connectivity index (χ4v) is 4.37. The molecule has 0 aromatic heterocycles. The standard InChI is InChI=1S/C19H22N4O2.HI/c1-11-3-2-4-14(9-11)22-19(20)21-7-8-23-17(24)15-12-5-6-13(10-12)16(15)18(23)25;/h2-6,9,12-13,15-16H,7-8,10H2,1H3,(H3,20,21,22);1H. The lowest BCUT2D eigenvalue weighted by molar-refractivity contribution is -0.140. The van der Waals surface area contributed by atoms with E-state index in [-0.39, 0.29) is 65.4 Å². The first-order chi connectivity index (χ1) is 12.0. The maximum Gasteiger partial charge on any atom is 0.233 e. The van der Waals surface area contributed by atoms with Crippen molar-refractivity contribution >= 4 is 47.4 Å². The maximum atomic E-state index is 12.6. The summed E-state index contributed by atoms with van der Waals surface area (Å²) in [5.41, 5.74) is 7.89. The topological polar surface area (TPSA) is 87.8 Å². The smallest absolute Gasteiger partial charge is 0.233 e. The van der Waals surface area contributed by atoms with E-state index in [1.165, 1.54) is 4.90 Å². The van der Waals surface area contributed by atoms with Gasteiger partial charge >= 0.3 is 0 Å². The third-order valence-corrected chi connectivity index (χ3v) is 5.46. The summed E-state index contributed by atoms with van der Waals surface area (Å²) in [6.07, 6.45) is 5.15. The zero-order valence-electron chi connectivity index (χ0n) is 14.6. The number of anilines is 1. The number of aryl methyl sites for hydroxylation is 1. The number of likely N-dealkylation sites (tertiary alicyclic amines) is 1. The van der Waals surface area contributed by atoms with Crippen molar-refractivity contribution in [1.82, 2.24) is 4.90 Å². The second-order valence-electron chi connectivity index (χ2n) is 7.09. The number of benzene rings is 1. The van der Waals surface area contributed by atoms with Gasteiger partial charge in [0.25, 0.3) is 0 Å². The van der Waals surface area contributed by atoms with Crippen molar-refractivity contribution in [1.29, 1.82) is 0 Å². The second kappa shape index (κ2) is 7.38. The summed E-state index contributed by atoms with van der Waals surface area (Å²) >= 11 is 0. The molecule has 1 aromatic rings. The number of amides is 2. The molecule has 4 unspecified atom stereocenters. The SMILES string of the molecule is Cc1cccc(NC(N)=NCCN2C(=O)C3C4C=CC(C4)C3C2=O)c1.I. The highest BCUT2D eigenvalue weighted by atomic mass is 127. The van der Waals surface area contributed by atoms with Gasteiger partial charge in [0, 0.05) is 12.2 Å². The molecule has 7 heteroatoms. The minimum Gasteiger partial charge on any atom is -0.370 e. The molecule has 0 radical (unpaired) electrons. The Morgan fingerprint density at radius 2 is 1.88 bits per heavy atom. The first-order valence-corrected chi connectivity index (χ1v) is 8.72. The van der Waals surface area contributed by atoms with Gasteiger partial charge in [0.1, 0.15) is 0 Å². The first-order valence-electron chi connectivity index (χ1n) is 8.72. The molecule has 2 amide bonds. The number of carbonyl (C=O) groups excluding carboxylic acids is 2. The van der Waals surface area contributed by atoms with E-state index in [1.54, 1.807) is 0 Å². The number of carbonyl (C=O) groups is 2. The van der Waals surface area contributed by atoms with Crippen molar-refractivity contribution in [3.63, 3.8) is 0 Å². The van der Waals surface area contributed by atoms with Gasteiger partial charge in [0.2, 0.25) is 11.8 Å². The van der Waals surface area contributed by atoms with Gasteiger partial charge in [-0.15, -0.1) is 24.0 Å². The average Bonchev–Trinajstić information content (AvgIpc) is 3.24. The molecule has 1 saturated heterocycles. The molecule has 2 aliphatic carbocycles. The molecular formula is C19H23IN4O2. The van der Waals surface area contributed by atoms with E-state index in [2.05, 4.69) is 22.5 Å². The average molecular weight is 466 g/mol. The number of nitrogens with one attached hydrogen (secondary N) is 1. The van der Waals surface area contributed by atoms with E-state index in [0.29, 0.717) is 13.1 Å². The number of guanidine groups is 1. The minimum absolute atomic E-state index is 0. The second-order valence-corrected chi connectivity index (χ2v) is 7.09. The molecule has 2 fully saturated rings. The van der Waals surface area contributed by atoms with Crippen molar-refractivity contribution in [2.75, 3.05) is 18.4 Å². The lowest BCUT2D eigenvalue weighted by Crippen LogP contribution is -2.35. The molecule has 3 N–H and O–H groups in total. The zero-order valence-corrected chi connectivity index (χ0v) is 16.9. The molecular weight excluding hydrogens is 443 g/mol. The van der Waals surface area contributed by atoms with Crippen molar-refractivity contribution in [2.45, 2.75) is 13.3 Å². The predicted molar refractivity (Wildman–Crippen MR) is 111 cm³/mol. The van der Waals surface area contributed by atoms with Crippen LogP contribution in [0.5, 0.6) is 0 Å². The largest absolute Gasteiger partial charge is 0.370 e. The summed E-state index contributed by atoms with van der Waals surface area (Å²) in [6.45, 7) is 2.60. The fourth-order valence-electron chi connectivity index (χ4n) is 4.37. The van der Waals surface area contributed by atoms with E-state index in [0.717, 1.165) is 17.7 Å². The Bertz CT molecular complexity index is 761. The van der Waals surface area contributed by atoms with Gasteiger partial charge in [0.05, 0.1) is 18.4 Å². The Kier molecular flexibility index (Phi) is 5.36. The molecule has 2 bridgehead atoms. The summed E-state index contributed by atoms with van der Waals surface area (Å²) < 4.78 is 0. The molecule has 26 heavy (non-hydrogen) atoms. The Balaban J connectivity index is 0.00000196. The summed E-state index contributed by atoms with van der Waals surface area (Å²) in [5, 5.41) is 3.02. The Labute approximate surface area is 169 Å². The predicted octanol–water partition coefficient (Wildman–Crippen LogP) is 2.15. The van der Waals surface area contributed by atoms with Crippen LogP contribution in [0.15, 0.2) is 41.4 Å². The van der Waals surface area contributed by atoms with Gasteiger partial charge in [-0.1, -0.05) is 24.3 Å². The summed E-state index contributed by atoms with van der Waals surface area (Å²) in [7, 11) is 0. The summed E-state index contributed by atoms with van der Waals surface area (Å²) in [4.78, 5) is 30.8. The number of hydrogen-bond donors (Lipinski definition) is 2. The van der Waals surface area contributed by atoms with Crippen LogP contribution in [0.1, 0.15) is 12.0 Å². The Hall–Kier alpha value is -1.90. The van der Waals surface area contributed by atoms with E-state index >= 15 is 0 Å². The van der Waals surface area contributed by atoms with Crippen LogP contribution in [0, 0.1) is 30.6 Å². The number of rotatable bonds is 4. The van der Waals surface area contributed by atoms with Gasteiger partial charge in [-0.3, -0.25) is 19.5 Å². The van der Waals surface area contributed by atoms with Crippen LogP contribution in [0.3, 0.4) is 0 Å². The van der Waals surface area contributed by atoms with Crippen LogP contribution in [0.2, 0.25) is 0 Å². The number of nitrogens with two attached hydrogens (primary N) is 1. The van der Waals surface area contributed by atoms with Crippen LogP contribution < -0.4 is 11.1 Å². The molecule has 3 aliphatic rings. The zero-order chi connectivity index (χ0) is 17.6. The molecule has 6 nitrogen and oxygen atoms in total. The first kappa shape index (κ1) is 18.9. The van der Waals surface area contributed by atoms with Crippen LogP contribution in [0.25, 0.3) is 0 Å². The molecule has 1 aromatic carbocycles. The van der Waals surface area contributed by atoms with Gasteiger partial charge in [-0.25, -0.2) is 0 Å². The van der Waals surface area contributed by atoms with Crippen LogP contribution in [0.4, 0.5) is 5.69 Å². The number of hydrogen-bond acceptors (Lipinski definition) is 3. The quantitative estimate of drug-likeness (QED) is 0.234. The van der Waals surface area contributed by atoms with Gasteiger partial charge in [-0.05, 0) is 42.9 Å². The third kappa shape index (κ3) is 3.24. The lowest BCUT2D eigenvalue weighted by Gasteiger charge is -2.16. The Morgan fingerprint density at radius 1 is 1.23 bits per heavy atom. The van der Waals surface area contributed by atoms with E-state index in [4.69, 9.17) is 5.73 Å². The fraction of sp³-hybridized carbons (Fsp3) is 0.421. The summed E-state index contributed by atoms with van der Waals surface area (Å²) in [6, 6.07) is 7.82. The number of nitrogens with zero attached hydrogens (tertiary/aromatic N) is 2. The normalized spacial score (nSPS) is 29.1. The number of imide groups is 1. The number of allylic oxidation sites excluding steroid dienone is 2. The number of aliphatic imine (C=N–C) groups is 1. The number of fused-ring (bicyclic) bond motifs is 5. The van der Waals surface area contributed by atoms with Gasteiger partial charge in [-0.2, -0.15) is 0 Å². The highest BCUT2D eigenvalue weighted by molar-refractivity contribution is 14.0. The van der Waals surface area contributed by atoms with Crippen molar-refractivity contribution in [2.24, 2.45) is 34.4 Å². The maximum absolute atomic E-state index is 12.6. The van der Waals surface area contributed by atoms with Crippen LogP contribution in [-0.2, 0) is 9.59 Å². The highest BCUT2D eigenvalue weighted by Crippen LogP contribution is 2.52. The molecule has 0 spiro atoms. The highest BCUT2D eigenvalue weighted by Gasteiger charge is 2.58. The van der Waals surface area contributed by atoms with E-state index < -0.39 is 0 Å². The number of halogens is 1. The molecule has 4 atom stereocenters. The van der Waals surface area contributed by atoms with Gasteiger partial charge in [0.15, 0.2) is 5.96 Å². The van der Waals surface area contributed by atoms with E-state index in [1.807, 2.05) is 31.2 Å². The van der Waals surface area contributed by atoms with E-state index in [9.17, 15) is 9.59 Å². The van der Waals surface area contributed by atoms with Gasteiger partial charge < -0.3 is 11.1 Å². The molecule has 1 heterocycles. The van der Waals surface area contributed by atoms with Crippen LogP contribution in [-0.4, -0.2) is 35.8 Å². The van der Waals surface area contributed by atoms with Crippen LogP contribution >= 0.6 is 24.0 Å².